The summed E-state index contributed by atoms with van der Waals surface area (Å²) in [6.07, 6.45) is 0.581. The summed E-state index contributed by atoms with van der Waals surface area (Å²) in [6.45, 7) is 0. The predicted octanol–water partition coefficient (Wildman–Crippen LogP) is 1.64. The Morgan fingerprint density at radius 2 is 1.93 bits per heavy atom. The number of phenolic OH excluding ortho intramolecular Hbond substituents is 2. The third-order valence-electron chi connectivity index (χ3n) is 2.02. The second-order valence-corrected chi connectivity index (χ2v) is 3.15. The van der Waals surface area contributed by atoms with Gasteiger partial charge in [-0.15, -0.1) is 0 Å². The molecular formula is C10H11FO4. The maximum Gasteiger partial charge on any atom is 0.303 e. The van der Waals surface area contributed by atoms with Gasteiger partial charge in [0, 0.05) is 6.42 Å². The Morgan fingerprint density at radius 1 is 1.27 bits per heavy atom. The molecule has 0 atom stereocenters. The number of rotatable bonds is 4. The van der Waals surface area contributed by atoms with Gasteiger partial charge in [0.15, 0.2) is 17.3 Å². The standard InChI is InChI=1S/C10H11FO4/c11-7-5-4-6(9(14)10(7)15)2-1-3-8(12)13/h4-5,14-15H,1-3H2,(H,12,13). The highest BCUT2D eigenvalue weighted by molar-refractivity contribution is 5.66. The third-order valence-corrected chi connectivity index (χ3v) is 2.02. The van der Waals surface area contributed by atoms with Gasteiger partial charge in [-0.25, -0.2) is 4.39 Å². The van der Waals surface area contributed by atoms with Crippen LogP contribution in [0, 0.1) is 5.82 Å². The first-order valence-electron chi connectivity index (χ1n) is 4.43. The fourth-order valence-electron chi connectivity index (χ4n) is 1.23. The Bertz CT molecular complexity index is 376. The Kier molecular flexibility index (Phi) is 3.49. The summed E-state index contributed by atoms with van der Waals surface area (Å²) < 4.78 is 12.7. The quantitative estimate of drug-likeness (QED) is 0.666. The Labute approximate surface area is 85.6 Å². The first kappa shape index (κ1) is 11.3. The average molecular weight is 214 g/mol. The summed E-state index contributed by atoms with van der Waals surface area (Å²) >= 11 is 0. The SMILES string of the molecule is O=C(O)CCCc1ccc(F)c(O)c1O. The second-order valence-electron chi connectivity index (χ2n) is 3.15. The summed E-state index contributed by atoms with van der Waals surface area (Å²) in [4.78, 5) is 10.2. The molecule has 0 saturated heterocycles. The van der Waals surface area contributed by atoms with Crippen LogP contribution in [-0.4, -0.2) is 21.3 Å². The Hall–Kier alpha value is -1.78. The molecule has 0 bridgehead atoms. The minimum atomic E-state index is -0.930. The summed E-state index contributed by atoms with van der Waals surface area (Å²) in [5.74, 6) is -3.13. The van der Waals surface area contributed by atoms with E-state index >= 15 is 0 Å². The lowest BCUT2D eigenvalue weighted by atomic mass is 10.1. The van der Waals surface area contributed by atoms with Crippen LogP contribution in [0.3, 0.4) is 0 Å². The van der Waals surface area contributed by atoms with Crippen molar-refractivity contribution in [2.24, 2.45) is 0 Å². The maximum atomic E-state index is 12.7. The number of carbonyl (C=O) groups is 1. The predicted molar refractivity (Wildman–Crippen MR) is 50.3 cm³/mol. The summed E-state index contributed by atoms with van der Waals surface area (Å²) in [7, 11) is 0. The van der Waals surface area contributed by atoms with Crippen molar-refractivity contribution in [2.45, 2.75) is 19.3 Å². The molecule has 0 unspecified atom stereocenters. The number of halogens is 1. The molecule has 3 N–H and O–H groups in total. The number of hydrogen-bond donors (Lipinski definition) is 3. The molecule has 0 heterocycles. The minimum absolute atomic E-state index is 0.0302. The molecular weight excluding hydrogens is 203 g/mol. The molecule has 82 valence electrons. The second kappa shape index (κ2) is 4.63. The fourth-order valence-corrected chi connectivity index (χ4v) is 1.23. The van der Waals surface area contributed by atoms with Crippen LogP contribution in [0.4, 0.5) is 4.39 Å². The van der Waals surface area contributed by atoms with E-state index in [0.29, 0.717) is 12.0 Å². The smallest absolute Gasteiger partial charge is 0.303 e. The molecule has 0 radical (unpaired) electrons. The van der Waals surface area contributed by atoms with Crippen LogP contribution >= 0.6 is 0 Å². The van der Waals surface area contributed by atoms with Crippen molar-refractivity contribution in [2.75, 3.05) is 0 Å². The van der Waals surface area contributed by atoms with E-state index in [1.165, 1.54) is 6.07 Å². The van der Waals surface area contributed by atoms with Gasteiger partial charge >= 0.3 is 5.97 Å². The van der Waals surface area contributed by atoms with Crippen molar-refractivity contribution in [3.8, 4) is 11.5 Å². The Balaban J connectivity index is 2.70. The molecule has 1 aromatic carbocycles. The van der Waals surface area contributed by atoms with E-state index in [1.54, 1.807) is 0 Å². The monoisotopic (exact) mass is 214 g/mol. The zero-order valence-electron chi connectivity index (χ0n) is 7.90. The highest BCUT2D eigenvalue weighted by atomic mass is 19.1. The van der Waals surface area contributed by atoms with Gasteiger partial charge in [-0.2, -0.15) is 0 Å². The molecule has 15 heavy (non-hydrogen) atoms. The highest BCUT2D eigenvalue weighted by Gasteiger charge is 2.11. The van der Waals surface area contributed by atoms with Crippen molar-refractivity contribution in [1.82, 2.24) is 0 Å². The normalized spacial score (nSPS) is 10.2. The molecule has 0 aliphatic rings. The van der Waals surface area contributed by atoms with Crippen LogP contribution < -0.4 is 0 Å². The summed E-state index contributed by atoms with van der Waals surface area (Å²) in [6, 6.07) is 2.36. The lowest BCUT2D eigenvalue weighted by molar-refractivity contribution is -0.137. The largest absolute Gasteiger partial charge is 0.504 e. The van der Waals surface area contributed by atoms with Crippen molar-refractivity contribution >= 4 is 5.97 Å². The molecule has 0 fully saturated rings. The molecule has 4 nitrogen and oxygen atoms in total. The van der Waals surface area contributed by atoms with E-state index < -0.39 is 23.3 Å². The van der Waals surface area contributed by atoms with E-state index in [0.717, 1.165) is 6.07 Å². The first-order valence-corrected chi connectivity index (χ1v) is 4.43. The highest BCUT2D eigenvalue weighted by Crippen LogP contribution is 2.32. The molecule has 0 aliphatic heterocycles. The van der Waals surface area contributed by atoms with Gasteiger partial charge in [-0.05, 0) is 24.5 Å². The molecule has 0 aliphatic carbocycles. The van der Waals surface area contributed by atoms with Crippen LogP contribution in [0.2, 0.25) is 0 Å². The number of aryl methyl sites for hydroxylation is 1. The zero-order chi connectivity index (χ0) is 11.4. The van der Waals surface area contributed by atoms with E-state index in [1.807, 2.05) is 0 Å². The fraction of sp³-hybridized carbons (Fsp3) is 0.300. The first-order chi connectivity index (χ1) is 7.02. The van der Waals surface area contributed by atoms with Crippen LogP contribution in [0.1, 0.15) is 18.4 Å². The lowest BCUT2D eigenvalue weighted by Gasteiger charge is -2.05. The van der Waals surface area contributed by atoms with E-state index in [9.17, 15) is 14.3 Å². The van der Waals surface area contributed by atoms with E-state index in [2.05, 4.69) is 0 Å². The van der Waals surface area contributed by atoms with Crippen LogP contribution in [-0.2, 0) is 11.2 Å². The van der Waals surface area contributed by atoms with Gasteiger partial charge in [0.25, 0.3) is 0 Å². The maximum absolute atomic E-state index is 12.7. The Morgan fingerprint density at radius 3 is 2.53 bits per heavy atom. The molecule has 5 heteroatoms. The number of phenols is 2. The van der Waals surface area contributed by atoms with E-state index in [-0.39, 0.29) is 12.8 Å². The molecule has 0 saturated carbocycles. The molecule has 0 amide bonds. The number of aromatic hydroxyl groups is 2. The van der Waals surface area contributed by atoms with Gasteiger partial charge in [0.05, 0.1) is 0 Å². The molecule has 1 rings (SSSR count). The topological polar surface area (TPSA) is 77.8 Å². The summed E-state index contributed by atoms with van der Waals surface area (Å²) in [5, 5.41) is 26.7. The van der Waals surface area contributed by atoms with Gasteiger partial charge in [0.1, 0.15) is 0 Å². The van der Waals surface area contributed by atoms with Gasteiger partial charge in [0.2, 0.25) is 0 Å². The van der Waals surface area contributed by atoms with Crippen molar-refractivity contribution < 1.29 is 24.5 Å². The molecule has 0 spiro atoms. The van der Waals surface area contributed by atoms with Crippen LogP contribution in [0.15, 0.2) is 12.1 Å². The zero-order valence-corrected chi connectivity index (χ0v) is 7.90. The number of benzene rings is 1. The minimum Gasteiger partial charge on any atom is -0.504 e. The number of aliphatic carboxylic acids is 1. The lowest BCUT2D eigenvalue weighted by Crippen LogP contribution is -1.96. The third kappa shape index (κ3) is 2.83. The molecule has 1 aromatic rings. The van der Waals surface area contributed by atoms with Crippen LogP contribution in [0.5, 0.6) is 11.5 Å². The number of carboxylic acids is 1. The summed E-state index contributed by atoms with van der Waals surface area (Å²) in [5.41, 5.74) is 0.343. The van der Waals surface area contributed by atoms with E-state index in [4.69, 9.17) is 10.2 Å². The van der Waals surface area contributed by atoms with Crippen molar-refractivity contribution in [1.29, 1.82) is 0 Å². The van der Waals surface area contributed by atoms with Crippen LogP contribution in [0.25, 0.3) is 0 Å². The van der Waals surface area contributed by atoms with Gasteiger partial charge in [-0.3, -0.25) is 4.79 Å². The van der Waals surface area contributed by atoms with Gasteiger partial charge < -0.3 is 15.3 Å². The van der Waals surface area contributed by atoms with Crippen molar-refractivity contribution in [3.63, 3.8) is 0 Å². The molecule has 0 aromatic heterocycles. The number of hydrogen-bond acceptors (Lipinski definition) is 3. The average Bonchev–Trinajstić information content (AvgIpc) is 2.18. The number of carboxylic acid groups (broad SMARTS) is 1. The van der Waals surface area contributed by atoms with Gasteiger partial charge in [-0.1, -0.05) is 6.07 Å². The van der Waals surface area contributed by atoms with Crippen molar-refractivity contribution in [3.05, 3.63) is 23.5 Å².